The Morgan fingerprint density at radius 2 is 1.59 bits per heavy atom. The van der Waals surface area contributed by atoms with Crippen LogP contribution in [0.25, 0.3) is 0 Å². The Kier molecular flexibility index (Phi) is 6.22. The minimum Gasteiger partial charge on any atom is -0.503 e. The third-order valence-electron chi connectivity index (χ3n) is 6.95. The van der Waals surface area contributed by atoms with Gasteiger partial charge in [0.05, 0.1) is 11.6 Å². The van der Waals surface area contributed by atoms with E-state index in [-0.39, 0.29) is 28.1 Å². The minimum absolute atomic E-state index is 0.0800. The van der Waals surface area contributed by atoms with Crippen molar-refractivity contribution in [1.82, 2.24) is 4.90 Å². The van der Waals surface area contributed by atoms with Crippen molar-refractivity contribution < 1.29 is 19.4 Å². The third kappa shape index (κ3) is 3.92. The molecule has 0 bridgehead atoms. The quantitative estimate of drug-likeness (QED) is 0.567. The molecule has 1 aliphatic heterocycles. The molecular formula is C28H28ClNO4. The van der Waals surface area contributed by atoms with Crippen LogP contribution >= 0.6 is 11.6 Å². The first-order valence-electron chi connectivity index (χ1n) is 12.0. The zero-order chi connectivity index (χ0) is 23.8. The summed E-state index contributed by atoms with van der Waals surface area (Å²) in [5.41, 5.74) is 5.28. The molecule has 0 amide bonds. The van der Waals surface area contributed by atoms with Crippen molar-refractivity contribution in [2.45, 2.75) is 57.9 Å². The number of hydrogen-bond acceptors (Lipinski definition) is 5. The average molecular weight is 478 g/mol. The molecule has 0 spiro atoms. The van der Waals surface area contributed by atoms with Gasteiger partial charge in [-0.05, 0) is 55.9 Å². The van der Waals surface area contributed by atoms with Crippen LogP contribution in [0.3, 0.4) is 0 Å². The number of rotatable bonds is 5. The second-order valence-electron chi connectivity index (χ2n) is 9.06. The number of phenols is 1. The number of allylic oxidation sites excluding steroid dienone is 4. The Morgan fingerprint density at radius 1 is 0.971 bits per heavy atom. The summed E-state index contributed by atoms with van der Waals surface area (Å²) in [5.74, 6) is -0.183. The van der Waals surface area contributed by atoms with E-state index in [9.17, 15) is 14.7 Å². The SMILES string of the molecule is CCOc1cc(C2C3=C(CCCC3=O)N(Cc3ccccc3)C3=C2C(=O)CCC3)cc(Cl)c1O. The highest BCUT2D eigenvalue weighted by Crippen LogP contribution is 2.51. The maximum absolute atomic E-state index is 13.4. The van der Waals surface area contributed by atoms with Gasteiger partial charge in [-0.15, -0.1) is 0 Å². The fourth-order valence-electron chi connectivity index (χ4n) is 5.53. The topological polar surface area (TPSA) is 66.8 Å². The molecule has 0 aromatic heterocycles. The molecule has 6 heteroatoms. The van der Waals surface area contributed by atoms with E-state index in [1.54, 1.807) is 12.1 Å². The predicted molar refractivity (Wildman–Crippen MR) is 131 cm³/mol. The maximum Gasteiger partial charge on any atom is 0.176 e. The van der Waals surface area contributed by atoms with Crippen LogP contribution in [0.1, 0.15) is 62.5 Å². The average Bonchev–Trinajstić information content (AvgIpc) is 2.83. The van der Waals surface area contributed by atoms with Crippen molar-refractivity contribution in [2.24, 2.45) is 0 Å². The third-order valence-corrected chi connectivity index (χ3v) is 7.24. The summed E-state index contributed by atoms with van der Waals surface area (Å²) in [6.45, 7) is 2.83. The van der Waals surface area contributed by atoms with Gasteiger partial charge in [-0.2, -0.15) is 0 Å². The smallest absolute Gasteiger partial charge is 0.176 e. The number of ketones is 2. The molecule has 34 heavy (non-hydrogen) atoms. The lowest BCUT2D eigenvalue weighted by atomic mass is 9.71. The van der Waals surface area contributed by atoms with Crippen molar-refractivity contribution in [2.75, 3.05) is 6.61 Å². The van der Waals surface area contributed by atoms with Crippen LogP contribution in [0, 0.1) is 0 Å². The number of hydrogen-bond donors (Lipinski definition) is 1. The number of carbonyl (C=O) groups is 2. The van der Waals surface area contributed by atoms with Crippen LogP contribution in [0.4, 0.5) is 0 Å². The van der Waals surface area contributed by atoms with Gasteiger partial charge in [-0.25, -0.2) is 0 Å². The summed E-state index contributed by atoms with van der Waals surface area (Å²) < 4.78 is 5.63. The predicted octanol–water partition coefficient (Wildman–Crippen LogP) is 6.06. The number of nitrogens with zero attached hydrogens (tertiary/aromatic N) is 1. The zero-order valence-corrected chi connectivity index (χ0v) is 20.0. The highest BCUT2D eigenvalue weighted by molar-refractivity contribution is 6.32. The van der Waals surface area contributed by atoms with E-state index >= 15 is 0 Å². The molecule has 1 N–H and O–H groups in total. The normalized spacial score (nSPS) is 18.8. The van der Waals surface area contributed by atoms with E-state index in [1.165, 1.54) is 0 Å². The van der Waals surface area contributed by atoms with E-state index in [0.717, 1.165) is 48.2 Å². The zero-order valence-electron chi connectivity index (χ0n) is 19.3. The van der Waals surface area contributed by atoms with Gasteiger partial charge in [0.2, 0.25) is 0 Å². The van der Waals surface area contributed by atoms with Crippen LogP contribution in [-0.2, 0) is 16.1 Å². The molecule has 0 radical (unpaired) electrons. The van der Waals surface area contributed by atoms with Gasteiger partial charge in [-0.3, -0.25) is 9.59 Å². The fraction of sp³-hybridized carbons (Fsp3) is 0.357. The Balaban J connectivity index is 1.72. The molecule has 5 nitrogen and oxygen atoms in total. The van der Waals surface area contributed by atoms with Gasteiger partial charge in [-0.1, -0.05) is 41.9 Å². The largest absolute Gasteiger partial charge is 0.503 e. The lowest BCUT2D eigenvalue weighted by Gasteiger charge is -2.44. The highest BCUT2D eigenvalue weighted by atomic mass is 35.5. The van der Waals surface area contributed by atoms with Crippen molar-refractivity contribution in [3.05, 3.63) is 81.2 Å². The molecule has 5 rings (SSSR count). The number of phenolic OH excluding ortho intramolecular Hbond substituents is 1. The van der Waals surface area contributed by atoms with Gasteiger partial charge < -0.3 is 14.7 Å². The molecule has 0 saturated carbocycles. The lowest BCUT2D eigenvalue weighted by molar-refractivity contribution is -0.117. The fourth-order valence-corrected chi connectivity index (χ4v) is 5.75. The van der Waals surface area contributed by atoms with Crippen molar-refractivity contribution >= 4 is 23.2 Å². The summed E-state index contributed by atoms with van der Waals surface area (Å²) >= 11 is 6.39. The van der Waals surface area contributed by atoms with Crippen LogP contribution in [0.2, 0.25) is 5.02 Å². The van der Waals surface area contributed by atoms with Crippen molar-refractivity contribution in [3.63, 3.8) is 0 Å². The highest BCUT2D eigenvalue weighted by Gasteiger charge is 2.43. The van der Waals surface area contributed by atoms with E-state index in [4.69, 9.17) is 16.3 Å². The van der Waals surface area contributed by atoms with Gasteiger partial charge >= 0.3 is 0 Å². The van der Waals surface area contributed by atoms with E-state index in [0.29, 0.717) is 37.1 Å². The maximum atomic E-state index is 13.4. The molecule has 0 saturated heterocycles. The second-order valence-corrected chi connectivity index (χ2v) is 9.47. The molecule has 2 aliphatic carbocycles. The first-order chi connectivity index (χ1) is 16.5. The Hall–Kier alpha value is -3.05. The summed E-state index contributed by atoms with van der Waals surface area (Å²) in [7, 11) is 0. The molecule has 0 unspecified atom stereocenters. The van der Waals surface area contributed by atoms with Crippen LogP contribution in [0.5, 0.6) is 11.5 Å². The number of aromatic hydroxyl groups is 1. The molecular weight excluding hydrogens is 450 g/mol. The van der Waals surface area contributed by atoms with Crippen molar-refractivity contribution in [3.8, 4) is 11.5 Å². The van der Waals surface area contributed by atoms with Gasteiger partial charge in [0.15, 0.2) is 23.1 Å². The standard InChI is InChI=1S/C28H28ClNO4/c1-2-34-24-15-18(14-19(29)28(24)33)25-26-20(10-6-12-22(26)31)30(16-17-8-4-3-5-9-17)21-11-7-13-23(32)27(21)25/h3-5,8-9,14-15,25,33H,2,6-7,10-13,16H2,1H3. The number of carbonyl (C=O) groups excluding carboxylic acids is 2. The number of halogens is 1. The molecule has 2 aromatic carbocycles. The van der Waals surface area contributed by atoms with Gasteiger partial charge in [0.1, 0.15) is 0 Å². The van der Waals surface area contributed by atoms with E-state index in [2.05, 4.69) is 17.0 Å². The summed E-state index contributed by atoms with van der Waals surface area (Å²) in [6.07, 6.45) is 4.11. The first kappa shape index (κ1) is 22.7. The molecule has 0 atom stereocenters. The minimum atomic E-state index is -0.491. The van der Waals surface area contributed by atoms with Gasteiger partial charge in [0.25, 0.3) is 0 Å². The number of benzene rings is 2. The Morgan fingerprint density at radius 3 is 2.18 bits per heavy atom. The van der Waals surface area contributed by atoms with Gasteiger partial charge in [0, 0.05) is 47.8 Å². The second kappa shape index (κ2) is 9.30. The van der Waals surface area contributed by atoms with Crippen LogP contribution in [-0.4, -0.2) is 28.2 Å². The molecule has 176 valence electrons. The number of ether oxygens (including phenoxy) is 1. The molecule has 2 aromatic rings. The monoisotopic (exact) mass is 477 g/mol. The van der Waals surface area contributed by atoms with E-state index in [1.807, 2.05) is 25.1 Å². The molecule has 3 aliphatic rings. The lowest BCUT2D eigenvalue weighted by Crippen LogP contribution is -2.38. The molecule has 1 heterocycles. The first-order valence-corrected chi connectivity index (χ1v) is 12.4. The van der Waals surface area contributed by atoms with Crippen molar-refractivity contribution in [1.29, 1.82) is 0 Å². The summed E-state index contributed by atoms with van der Waals surface area (Å²) in [6, 6.07) is 13.6. The number of Topliss-reactive ketones (excluding diaryl/α,β-unsaturated/α-hetero) is 2. The molecule has 0 fully saturated rings. The van der Waals surface area contributed by atoms with Crippen LogP contribution in [0.15, 0.2) is 65.0 Å². The van der Waals surface area contributed by atoms with E-state index < -0.39 is 5.92 Å². The Bertz CT molecular complexity index is 1170. The summed E-state index contributed by atoms with van der Waals surface area (Å²) in [5, 5.41) is 10.6. The summed E-state index contributed by atoms with van der Waals surface area (Å²) in [4.78, 5) is 29.1. The van der Waals surface area contributed by atoms with Crippen LogP contribution < -0.4 is 4.74 Å². The Labute approximate surface area is 204 Å².